The van der Waals surface area contributed by atoms with Crippen LogP contribution in [0, 0.1) is 0 Å². The normalized spacial score (nSPS) is 28.5. The number of nitrogens with zero attached hydrogens (tertiary/aromatic N) is 1. The van der Waals surface area contributed by atoms with Gasteiger partial charge in [-0.3, -0.25) is 10.2 Å². The summed E-state index contributed by atoms with van der Waals surface area (Å²) in [5, 5.41) is 3.93. The second-order valence-corrected chi connectivity index (χ2v) is 4.21. The van der Waals surface area contributed by atoms with Gasteiger partial charge >= 0.3 is 0 Å². The minimum atomic E-state index is -0.150. The van der Waals surface area contributed by atoms with E-state index in [2.05, 4.69) is 37.3 Å². The Morgan fingerprint density at radius 2 is 2.14 bits per heavy atom. The number of hydrogen-bond acceptors (Lipinski definition) is 2. The van der Waals surface area contributed by atoms with E-state index in [-0.39, 0.29) is 5.66 Å². The van der Waals surface area contributed by atoms with Gasteiger partial charge in [-0.1, -0.05) is 30.8 Å². The summed E-state index contributed by atoms with van der Waals surface area (Å²) in [6.45, 7) is 11.8. The van der Waals surface area contributed by atoms with Gasteiger partial charge in [0.1, 0.15) is 0 Å². The standard InChI is InChI=1S/C11H17ClN2/c1-9(5-6-10(2)12)11(3)13-7-8-14(11)4/h5-6,13H,1-2,7-8H2,3-4H3. The van der Waals surface area contributed by atoms with Crippen LogP contribution in [0.2, 0.25) is 0 Å². The van der Waals surface area contributed by atoms with Gasteiger partial charge in [0.25, 0.3) is 0 Å². The average Bonchev–Trinajstić information content (AvgIpc) is 2.44. The second-order valence-electron chi connectivity index (χ2n) is 3.73. The maximum Gasteiger partial charge on any atom is 0.0938 e. The molecule has 0 bridgehead atoms. The zero-order chi connectivity index (χ0) is 10.8. The van der Waals surface area contributed by atoms with Crippen LogP contribution >= 0.6 is 11.6 Å². The maximum atomic E-state index is 5.65. The maximum absolute atomic E-state index is 5.65. The van der Waals surface area contributed by atoms with Crippen molar-refractivity contribution in [3.05, 3.63) is 35.9 Å². The third-order valence-corrected chi connectivity index (χ3v) is 2.90. The lowest BCUT2D eigenvalue weighted by Crippen LogP contribution is -2.47. The zero-order valence-electron chi connectivity index (χ0n) is 8.81. The van der Waals surface area contributed by atoms with Crippen molar-refractivity contribution in [3.63, 3.8) is 0 Å². The molecule has 0 spiro atoms. The van der Waals surface area contributed by atoms with E-state index < -0.39 is 0 Å². The quantitative estimate of drug-likeness (QED) is 0.721. The van der Waals surface area contributed by atoms with Gasteiger partial charge in [-0.25, -0.2) is 0 Å². The molecule has 0 aromatic rings. The van der Waals surface area contributed by atoms with Gasteiger partial charge in [0.05, 0.1) is 5.66 Å². The van der Waals surface area contributed by atoms with E-state index in [1.54, 1.807) is 6.08 Å². The summed E-state index contributed by atoms with van der Waals surface area (Å²) in [7, 11) is 2.08. The molecule has 1 aliphatic rings. The highest BCUT2D eigenvalue weighted by molar-refractivity contribution is 6.30. The monoisotopic (exact) mass is 212 g/mol. The molecule has 0 radical (unpaired) electrons. The molecule has 14 heavy (non-hydrogen) atoms. The SMILES string of the molecule is C=C(Cl)C=CC(=C)C1(C)NCCN1C. The lowest BCUT2D eigenvalue weighted by atomic mass is 10.0. The van der Waals surface area contributed by atoms with Crippen LogP contribution in [-0.2, 0) is 0 Å². The summed E-state index contributed by atoms with van der Waals surface area (Å²) < 4.78 is 0. The van der Waals surface area contributed by atoms with Crippen molar-refractivity contribution in [1.29, 1.82) is 0 Å². The second kappa shape index (κ2) is 4.30. The highest BCUT2D eigenvalue weighted by Crippen LogP contribution is 2.23. The summed E-state index contributed by atoms with van der Waals surface area (Å²) in [6.07, 6.45) is 3.67. The number of hydrogen-bond donors (Lipinski definition) is 1. The van der Waals surface area contributed by atoms with Crippen LogP contribution in [0.5, 0.6) is 0 Å². The molecule has 0 aromatic heterocycles. The Morgan fingerprint density at radius 1 is 1.50 bits per heavy atom. The van der Waals surface area contributed by atoms with Gasteiger partial charge in [-0.2, -0.15) is 0 Å². The van der Waals surface area contributed by atoms with E-state index in [9.17, 15) is 0 Å². The van der Waals surface area contributed by atoms with Crippen LogP contribution in [0.15, 0.2) is 35.9 Å². The first-order valence-corrected chi connectivity index (χ1v) is 5.03. The fourth-order valence-electron chi connectivity index (χ4n) is 1.54. The van der Waals surface area contributed by atoms with Gasteiger partial charge in [0.15, 0.2) is 0 Å². The van der Waals surface area contributed by atoms with Crippen molar-refractivity contribution in [1.82, 2.24) is 10.2 Å². The lowest BCUT2D eigenvalue weighted by molar-refractivity contribution is 0.221. The molecule has 1 unspecified atom stereocenters. The number of halogens is 1. The summed E-state index contributed by atoms with van der Waals surface area (Å²) >= 11 is 5.65. The fraction of sp³-hybridized carbons (Fsp3) is 0.455. The molecule has 2 nitrogen and oxygen atoms in total. The lowest BCUT2D eigenvalue weighted by Gasteiger charge is -2.33. The highest BCUT2D eigenvalue weighted by atomic mass is 35.5. The number of allylic oxidation sites excluding steroid dienone is 2. The van der Waals surface area contributed by atoms with E-state index in [0.717, 1.165) is 18.7 Å². The van der Waals surface area contributed by atoms with Crippen LogP contribution in [0.25, 0.3) is 0 Å². The Bertz CT molecular complexity index is 283. The molecular formula is C11H17ClN2. The minimum Gasteiger partial charge on any atom is -0.294 e. The third-order valence-electron chi connectivity index (χ3n) is 2.77. The van der Waals surface area contributed by atoms with Gasteiger partial charge in [-0.15, -0.1) is 0 Å². The van der Waals surface area contributed by atoms with Gasteiger partial charge in [0.2, 0.25) is 0 Å². The smallest absolute Gasteiger partial charge is 0.0938 e. The Labute approximate surface area is 90.9 Å². The molecule has 3 heteroatoms. The van der Waals surface area contributed by atoms with Crippen LogP contribution in [0.3, 0.4) is 0 Å². The van der Waals surface area contributed by atoms with Crippen molar-refractivity contribution >= 4 is 11.6 Å². The van der Waals surface area contributed by atoms with Gasteiger partial charge in [-0.05, 0) is 25.6 Å². The van der Waals surface area contributed by atoms with Crippen LogP contribution in [0.4, 0.5) is 0 Å². The van der Waals surface area contributed by atoms with Gasteiger partial charge in [0, 0.05) is 18.1 Å². The van der Waals surface area contributed by atoms with Crippen molar-refractivity contribution in [2.75, 3.05) is 20.1 Å². The van der Waals surface area contributed by atoms with Crippen LogP contribution in [-0.4, -0.2) is 30.7 Å². The Kier molecular flexibility index (Phi) is 3.53. The first-order valence-electron chi connectivity index (χ1n) is 4.65. The molecule has 0 amide bonds. The molecular weight excluding hydrogens is 196 g/mol. The molecule has 78 valence electrons. The molecule has 1 heterocycles. The van der Waals surface area contributed by atoms with Crippen molar-refractivity contribution in [2.45, 2.75) is 12.6 Å². The van der Waals surface area contributed by atoms with Crippen LogP contribution in [0.1, 0.15) is 6.92 Å². The first kappa shape index (κ1) is 11.5. The summed E-state index contributed by atoms with van der Waals surface area (Å²) in [4.78, 5) is 2.23. The van der Waals surface area contributed by atoms with Crippen LogP contribution < -0.4 is 5.32 Å². The molecule has 1 atom stereocenters. The van der Waals surface area contributed by atoms with E-state index in [1.807, 2.05) is 6.08 Å². The average molecular weight is 213 g/mol. The predicted octanol–water partition coefficient (Wildman–Crippen LogP) is 2.10. The van der Waals surface area contributed by atoms with E-state index in [0.29, 0.717) is 5.03 Å². The molecule has 0 saturated carbocycles. The molecule has 1 saturated heterocycles. The Morgan fingerprint density at radius 3 is 2.57 bits per heavy atom. The molecule has 1 N–H and O–H groups in total. The fourth-order valence-corrected chi connectivity index (χ4v) is 1.60. The van der Waals surface area contributed by atoms with E-state index >= 15 is 0 Å². The summed E-state index contributed by atoms with van der Waals surface area (Å²) in [6, 6.07) is 0. The highest BCUT2D eigenvalue weighted by Gasteiger charge is 2.34. The molecule has 0 aromatic carbocycles. The Hall–Kier alpha value is -0.570. The molecule has 0 aliphatic carbocycles. The largest absolute Gasteiger partial charge is 0.294 e. The van der Waals surface area contributed by atoms with E-state index in [1.165, 1.54) is 0 Å². The molecule has 1 rings (SSSR count). The topological polar surface area (TPSA) is 15.3 Å². The zero-order valence-corrected chi connectivity index (χ0v) is 9.56. The number of nitrogens with one attached hydrogen (secondary N) is 1. The first-order chi connectivity index (χ1) is 6.47. The number of likely N-dealkylation sites (N-methyl/N-ethyl adjacent to an activating group) is 1. The molecule has 1 aliphatic heterocycles. The predicted molar refractivity (Wildman–Crippen MR) is 62.3 cm³/mol. The molecule has 1 fully saturated rings. The van der Waals surface area contributed by atoms with E-state index in [4.69, 9.17) is 11.6 Å². The van der Waals surface area contributed by atoms with Gasteiger partial charge < -0.3 is 0 Å². The van der Waals surface area contributed by atoms with Crippen molar-refractivity contribution in [2.24, 2.45) is 0 Å². The summed E-state index contributed by atoms with van der Waals surface area (Å²) in [5.41, 5.74) is 0.849. The summed E-state index contributed by atoms with van der Waals surface area (Å²) in [5.74, 6) is 0. The van der Waals surface area contributed by atoms with Crippen molar-refractivity contribution < 1.29 is 0 Å². The number of rotatable bonds is 3. The Balaban J connectivity index is 2.73. The minimum absolute atomic E-state index is 0.150. The van der Waals surface area contributed by atoms with Crippen molar-refractivity contribution in [3.8, 4) is 0 Å². The third kappa shape index (κ3) is 2.27.